The highest BCUT2D eigenvalue weighted by atomic mass is 16.3. The number of carbonyl (C=O) groups excluding carboxylic acids is 2. The van der Waals surface area contributed by atoms with Crippen LogP contribution in [-0.2, 0) is 9.59 Å². The molecule has 0 rings (SSSR count). The minimum Gasteiger partial charge on any atom is -0.381 e. The van der Waals surface area contributed by atoms with Gasteiger partial charge in [-0.25, -0.2) is 0 Å². The van der Waals surface area contributed by atoms with Gasteiger partial charge >= 0.3 is 0 Å². The maximum absolute atomic E-state index is 12.6. The Bertz CT molecular complexity index is 580. The van der Waals surface area contributed by atoms with E-state index in [2.05, 4.69) is 17.2 Å². The Morgan fingerprint density at radius 1 is 1.25 bits per heavy atom. The van der Waals surface area contributed by atoms with E-state index >= 15 is 0 Å². The topological polar surface area (TPSA) is 104 Å². The van der Waals surface area contributed by atoms with Crippen LogP contribution in [-0.4, -0.2) is 40.6 Å². The summed E-state index contributed by atoms with van der Waals surface area (Å²) >= 11 is 0. The molecule has 2 amide bonds. The molecule has 160 valence electrons. The standard InChI is InChI=1S/C22H39N3O3/c1-8-11-12-16(9-2)14-18(24-20(27)17(23)13-15(4)5)19(26)21(28)25-22(6,7)10-3/h8-9,11-12,15,17-19,26H,1,10,13-14,23H2,2-7H3,(H,24,27)(H,25,28)/b12-11-,16-9+/t17-,18?,19?/m0/s1. The van der Waals surface area contributed by atoms with Gasteiger partial charge in [0, 0.05) is 5.54 Å². The average Bonchev–Trinajstić information content (AvgIpc) is 2.62. The van der Waals surface area contributed by atoms with Gasteiger partial charge in [-0.2, -0.15) is 0 Å². The first-order valence-electron chi connectivity index (χ1n) is 9.97. The fourth-order valence-electron chi connectivity index (χ4n) is 2.55. The summed E-state index contributed by atoms with van der Waals surface area (Å²) in [4.78, 5) is 25.1. The van der Waals surface area contributed by atoms with Gasteiger partial charge < -0.3 is 21.5 Å². The van der Waals surface area contributed by atoms with Crippen molar-refractivity contribution in [1.82, 2.24) is 10.6 Å². The second-order valence-corrected chi connectivity index (χ2v) is 8.19. The summed E-state index contributed by atoms with van der Waals surface area (Å²) in [6, 6.07) is -1.48. The van der Waals surface area contributed by atoms with Crippen LogP contribution < -0.4 is 16.4 Å². The van der Waals surface area contributed by atoms with Crippen LogP contribution in [0, 0.1) is 5.92 Å². The third kappa shape index (κ3) is 9.85. The number of hydrogen-bond acceptors (Lipinski definition) is 4. The van der Waals surface area contributed by atoms with Gasteiger partial charge in [-0.1, -0.05) is 57.2 Å². The van der Waals surface area contributed by atoms with E-state index < -0.39 is 29.6 Å². The number of nitrogens with one attached hydrogen (secondary N) is 2. The average molecular weight is 394 g/mol. The largest absolute Gasteiger partial charge is 0.381 e. The summed E-state index contributed by atoms with van der Waals surface area (Å²) in [6.07, 6.45) is 7.25. The van der Waals surface area contributed by atoms with Crippen molar-refractivity contribution in [3.8, 4) is 0 Å². The van der Waals surface area contributed by atoms with Crippen molar-refractivity contribution >= 4 is 11.8 Å². The van der Waals surface area contributed by atoms with Crippen LogP contribution in [0.15, 0.2) is 36.5 Å². The monoisotopic (exact) mass is 393 g/mol. The van der Waals surface area contributed by atoms with Crippen LogP contribution in [0.4, 0.5) is 0 Å². The van der Waals surface area contributed by atoms with Crippen molar-refractivity contribution in [2.24, 2.45) is 11.7 Å². The van der Waals surface area contributed by atoms with Crippen LogP contribution in [0.1, 0.15) is 60.8 Å². The fourth-order valence-corrected chi connectivity index (χ4v) is 2.55. The number of aliphatic hydroxyl groups excluding tert-OH is 1. The molecule has 0 fully saturated rings. The summed E-state index contributed by atoms with van der Waals surface area (Å²) in [6.45, 7) is 15.2. The van der Waals surface area contributed by atoms with E-state index in [9.17, 15) is 14.7 Å². The number of nitrogens with two attached hydrogens (primary N) is 1. The minimum atomic E-state index is -1.40. The van der Waals surface area contributed by atoms with E-state index in [1.807, 2.05) is 53.7 Å². The summed E-state index contributed by atoms with van der Waals surface area (Å²) in [7, 11) is 0. The van der Waals surface area contributed by atoms with E-state index in [0.29, 0.717) is 19.3 Å². The van der Waals surface area contributed by atoms with Crippen LogP contribution in [0.5, 0.6) is 0 Å². The molecular weight excluding hydrogens is 354 g/mol. The van der Waals surface area contributed by atoms with E-state index in [-0.39, 0.29) is 11.8 Å². The van der Waals surface area contributed by atoms with Crippen LogP contribution in [0.25, 0.3) is 0 Å². The normalized spacial score (nSPS) is 16.0. The van der Waals surface area contributed by atoms with E-state index in [4.69, 9.17) is 5.73 Å². The first kappa shape index (κ1) is 26.1. The first-order valence-corrected chi connectivity index (χ1v) is 9.97. The third-order valence-electron chi connectivity index (χ3n) is 4.66. The molecule has 0 spiro atoms. The SMILES string of the molecule is C=C/C=C\C(=C/C)CC(NC(=O)[C@@H](N)CC(C)C)C(O)C(=O)NC(C)(C)CC. The second kappa shape index (κ2) is 12.5. The molecule has 0 aromatic heterocycles. The summed E-state index contributed by atoms with van der Waals surface area (Å²) in [5.41, 5.74) is 6.39. The molecule has 0 radical (unpaired) electrons. The molecule has 0 bridgehead atoms. The maximum Gasteiger partial charge on any atom is 0.251 e. The van der Waals surface area contributed by atoms with Crippen LogP contribution >= 0.6 is 0 Å². The predicted molar refractivity (Wildman–Crippen MR) is 116 cm³/mol. The van der Waals surface area contributed by atoms with Crippen molar-refractivity contribution in [1.29, 1.82) is 0 Å². The number of rotatable bonds is 12. The zero-order chi connectivity index (χ0) is 21.9. The maximum atomic E-state index is 12.6. The molecule has 5 N–H and O–H groups in total. The number of amides is 2. The highest BCUT2D eigenvalue weighted by Crippen LogP contribution is 2.14. The minimum absolute atomic E-state index is 0.263. The summed E-state index contributed by atoms with van der Waals surface area (Å²) in [5, 5.41) is 16.3. The third-order valence-corrected chi connectivity index (χ3v) is 4.66. The van der Waals surface area contributed by atoms with Gasteiger partial charge in [0.1, 0.15) is 0 Å². The zero-order valence-corrected chi connectivity index (χ0v) is 18.3. The highest BCUT2D eigenvalue weighted by Gasteiger charge is 2.32. The molecule has 3 atom stereocenters. The lowest BCUT2D eigenvalue weighted by Crippen LogP contribution is -2.57. The Morgan fingerprint density at radius 3 is 2.32 bits per heavy atom. The quantitative estimate of drug-likeness (QED) is 0.383. The lowest BCUT2D eigenvalue weighted by molar-refractivity contribution is -0.134. The van der Waals surface area contributed by atoms with Gasteiger partial charge in [0.05, 0.1) is 12.1 Å². The molecule has 2 unspecified atom stereocenters. The number of aliphatic hydroxyl groups is 1. The van der Waals surface area contributed by atoms with Crippen LogP contribution in [0.2, 0.25) is 0 Å². The van der Waals surface area contributed by atoms with Gasteiger partial charge in [-0.15, -0.1) is 0 Å². The molecule has 6 nitrogen and oxygen atoms in total. The molecule has 28 heavy (non-hydrogen) atoms. The molecule has 0 saturated carbocycles. The Kier molecular flexibility index (Phi) is 11.7. The molecule has 0 saturated heterocycles. The Balaban J connectivity index is 5.47. The van der Waals surface area contributed by atoms with Gasteiger partial charge in [-0.3, -0.25) is 9.59 Å². The van der Waals surface area contributed by atoms with Crippen molar-refractivity contribution in [2.45, 2.75) is 84.5 Å². The lowest BCUT2D eigenvalue weighted by atomic mass is 9.96. The molecule has 0 aliphatic carbocycles. The molecular formula is C22H39N3O3. The van der Waals surface area contributed by atoms with Gasteiger partial charge in [0.2, 0.25) is 5.91 Å². The molecule has 0 aromatic rings. The number of hydrogen-bond donors (Lipinski definition) is 4. The molecule has 0 heterocycles. The highest BCUT2D eigenvalue weighted by molar-refractivity contribution is 5.85. The smallest absolute Gasteiger partial charge is 0.251 e. The predicted octanol–water partition coefficient (Wildman–Crippen LogP) is 2.59. The van der Waals surface area contributed by atoms with Crippen molar-refractivity contribution in [2.75, 3.05) is 0 Å². The van der Waals surface area contributed by atoms with E-state index in [1.54, 1.807) is 12.2 Å². The summed E-state index contributed by atoms with van der Waals surface area (Å²) in [5.74, 6) is -0.624. The van der Waals surface area contributed by atoms with E-state index in [1.165, 1.54) is 0 Å². The van der Waals surface area contributed by atoms with Crippen LogP contribution in [0.3, 0.4) is 0 Å². The Morgan fingerprint density at radius 2 is 1.86 bits per heavy atom. The Hall–Kier alpha value is -1.92. The fraction of sp³-hybridized carbons (Fsp3) is 0.636. The van der Waals surface area contributed by atoms with Gasteiger partial charge in [0.15, 0.2) is 6.10 Å². The van der Waals surface area contributed by atoms with Gasteiger partial charge in [-0.05, 0) is 46.0 Å². The van der Waals surface area contributed by atoms with Crippen molar-refractivity contribution < 1.29 is 14.7 Å². The molecule has 6 heteroatoms. The summed E-state index contributed by atoms with van der Waals surface area (Å²) < 4.78 is 0. The lowest BCUT2D eigenvalue weighted by Gasteiger charge is -2.30. The molecule has 0 aliphatic heterocycles. The number of allylic oxidation sites excluding steroid dienone is 4. The molecule has 0 aromatic carbocycles. The second-order valence-electron chi connectivity index (χ2n) is 8.19. The number of carbonyl (C=O) groups is 2. The first-order chi connectivity index (χ1) is 13.0. The van der Waals surface area contributed by atoms with Crippen molar-refractivity contribution in [3.05, 3.63) is 36.5 Å². The van der Waals surface area contributed by atoms with Crippen molar-refractivity contribution in [3.63, 3.8) is 0 Å². The van der Waals surface area contributed by atoms with Gasteiger partial charge in [0.25, 0.3) is 5.91 Å². The Labute approximate surface area is 170 Å². The molecule has 0 aliphatic rings. The zero-order valence-electron chi connectivity index (χ0n) is 18.3. The van der Waals surface area contributed by atoms with E-state index in [0.717, 1.165) is 5.57 Å².